The van der Waals surface area contributed by atoms with Crippen LogP contribution in [0.3, 0.4) is 0 Å². The van der Waals surface area contributed by atoms with Crippen LogP contribution in [0.2, 0.25) is 0 Å². The summed E-state index contributed by atoms with van der Waals surface area (Å²) in [5.74, 6) is -0.606. The number of rotatable bonds is 5. The van der Waals surface area contributed by atoms with E-state index >= 15 is 0 Å². The van der Waals surface area contributed by atoms with Crippen molar-refractivity contribution < 1.29 is 14.3 Å². The van der Waals surface area contributed by atoms with E-state index in [1.54, 1.807) is 0 Å². The summed E-state index contributed by atoms with van der Waals surface area (Å²) in [4.78, 5) is 27.6. The monoisotopic (exact) mass is 371 g/mol. The zero-order chi connectivity index (χ0) is 18.8. The molecule has 1 amide bonds. The van der Waals surface area contributed by atoms with Crippen molar-refractivity contribution in [3.63, 3.8) is 0 Å². The van der Waals surface area contributed by atoms with Crippen LogP contribution in [0.25, 0.3) is 15.9 Å². The van der Waals surface area contributed by atoms with Crippen LogP contribution in [0.15, 0.2) is 36.4 Å². The lowest BCUT2D eigenvalue weighted by Gasteiger charge is -2.24. The van der Waals surface area contributed by atoms with Crippen molar-refractivity contribution in [3.05, 3.63) is 47.0 Å². The minimum atomic E-state index is -0.431. The molecule has 0 spiro atoms. The Balaban J connectivity index is 2.01. The Morgan fingerprint density at radius 1 is 1.27 bits per heavy atom. The van der Waals surface area contributed by atoms with Crippen LogP contribution in [-0.4, -0.2) is 46.3 Å². The van der Waals surface area contributed by atoms with Crippen molar-refractivity contribution in [2.75, 3.05) is 13.7 Å². The van der Waals surface area contributed by atoms with Gasteiger partial charge in [0.05, 0.1) is 23.4 Å². The standard InChI is InChI=1S/C19H21N3O3S/c1-12(2)21(11-17(23)25-4)18(24)16-10-15-13(3)20-22(19(15)26-16)14-8-6-5-7-9-14/h5-10,12H,11H2,1-4H3. The predicted octanol–water partition coefficient (Wildman–Crippen LogP) is 3.42. The molecule has 0 fully saturated rings. The zero-order valence-corrected chi connectivity index (χ0v) is 16.0. The topological polar surface area (TPSA) is 64.4 Å². The van der Waals surface area contributed by atoms with Gasteiger partial charge in [-0.25, -0.2) is 4.68 Å². The van der Waals surface area contributed by atoms with E-state index in [4.69, 9.17) is 4.74 Å². The number of hydrogen-bond acceptors (Lipinski definition) is 5. The maximum atomic E-state index is 13.0. The number of ether oxygens (including phenoxy) is 1. The van der Waals surface area contributed by atoms with Gasteiger partial charge < -0.3 is 9.64 Å². The quantitative estimate of drug-likeness (QED) is 0.645. The third-order valence-corrected chi connectivity index (χ3v) is 5.27. The van der Waals surface area contributed by atoms with Crippen LogP contribution in [0.1, 0.15) is 29.2 Å². The summed E-state index contributed by atoms with van der Waals surface area (Å²) >= 11 is 1.39. The minimum Gasteiger partial charge on any atom is -0.468 e. The summed E-state index contributed by atoms with van der Waals surface area (Å²) in [6.07, 6.45) is 0. The molecule has 0 aliphatic carbocycles. The number of methoxy groups -OCH3 is 1. The molecule has 3 aromatic rings. The fourth-order valence-corrected chi connectivity index (χ4v) is 3.87. The van der Waals surface area contributed by atoms with Gasteiger partial charge in [0, 0.05) is 11.4 Å². The van der Waals surface area contributed by atoms with Gasteiger partial charge >= 0.3 is 5.97 Å². The van der Waals surface area contributed by atoms with E-state index in [0.717, 1.165) is 21.6 Å². The molecule has 0 aliphatic heterocycles. The van der Waals surface area contributed by atoms with Crippen molar-refractivity contribution in [2.45, 2.75) is 26.8 Å². The Labute approximate surface area is 156 Å². The molecular weight excluding hydrogens is 350 g/mol. The number of amides is 1. The van der Waals surface area contributed by atoms with Gasteiger partial charge in [-0.3, -0.25) is 9.59 Å². The maximum absolute atomic E-state index is 13.0. The van der Waals surface area contributed by atoms with Crippen LogP contribution in [0.4, 0.5) is 0 Å². The SMILES string of the molecule is COC(=O)CN(C(=O)c1cc2c(C)nn(-c3ccccc3)c2s1)C(C)C. The molecular formula is C19H21N3O3S. The number of thiophene rings is 1. The number of carbonyl (C=O) groups excluding carboxylic acids is 2. The highest BCUT2D eigenvalue weighted by molar-refractivity contribution is 7.20. The highest BCUT2D eigenvalue weighted by atomic mass is 32.1. The molecule has 0 aliphatic rings. The van der Waals surface area contributed by atoms with Gasteiger partial charge in [0.25, 0.3) is 5.91 Å². The normalized spacial score (nSPS) is 11.1. The number of esters is 1. The second kappa shape index (κ2) is 7.29. The van der Waals surface area contributed by atoms with E-state index in [-0.39, 0.29) is 18.5 Å². The van der Waals surface area contributed by atoms with Crippen LogP contribution < -0.4 is 0 Å². The van der Waals surface area contributed by atoms with Gasteiger partial charge in [-0.15, -0.1) is 11.3 Å². The van der Waals surface area contributed by atoms with Gasteiger partial charge in [-0.2, -0.15) is 5.10 Å². The highest BCUT2D eigenvalue weighted by Gasteiger charge is 2.25. The van der Waals surface area contributed by atoms with Crippen molar-refractivity contribution >= 4 is 33.4 Å². The summed E-state index contributed by atoms with van der Waals surface area (Å²) in [7, 11) is 1.32. The molecule has 2 aromatic heterocycles. The van der Waals surface area contributed by atoms with E-state index in [1.165, 1.54) is 23.3 Å². The Morgan fingerprint density at radius 2 is 1.96 bits per heavy atom. The van der Waals surface area contributed by atoms with Crippen molar-refractivity contribution in [3.8, 4) is 5.69 Å². The van der Waals surface area contributed by atoms with Crippen LogP contribution in [0.5, 0.6) is 0 Å². The number of fused-ring (bicyclic) bond motifs is 1. The first kappa shape index (κ1) is 18.1. The lowest BCUT2D eigenvalue weighted by Crippen LogP contribution is -2.40. The molecule has 0 saturated heterocycles. The molecule has 26 heavy (non-hydrogen) atoms. The van der Waals surface area contributed by atoms with Gasteiger partial charge in [0.2, 0.25) is 0 Å². The molecule has 136 valence electrons. The van der Waals surface area contributed by atoms with E-state index < -0.39 is 5.97 Å². The fraction of sp³-hybridized carbons (Fsp3) is 0.316. The largest absolute Gasteiger partial charge is 0.468 e. The van der Waals surface area contributed by atoms with Gasteiger partial charge in [-0.05, 0) is 39.0 Å². The lowest BCUT2D eigenvalue weighted by molar-refractivity contribution is -0.141. The lowest BCUT2D eigenvalue weighted by atomic mass is 10.2. The maximum Gasteiger partial charge on any atom is 0.325 e. The molecule has 7 heteroatoms. The first-order chi connectivity index (χ1) is 12.4. The molecule has 0 unspecified atom stereocenters. The highest BCUT2D eigenvalue weighted by Crippen LogP contribution is 2.31. The second-order valence-electron chi connectivity index (χ2n) is 6.27. The number of carbonyl (C=O) groups is 2. The first-order valence-electron chi connectivity index (χ1n) is 8.34. The number of para-hydroxylation sites is 1. The van der Waals surface area contributed by atoms with Crippen molar-refractivity contribution in [1.82, 2.24) is 14.7 Å². The molecule has 6 nitrogen and oxygen atoms in total. The Morgan fingerprint density at radius 3 is 2.58 bits per heavy atom. The molecule has 0 N–H and O–H groups in total. The van der Waals surface area contributed by atoms with E-state index in [0.29, 0.717) is 4.88 Å². The summed E-state index contributed by atoms with van der Waals surface area (Å²) in [6.45, 7) is 5.62. The molecule has 0 bridgehead atoms. The third kappa shape index (κ3) is 3.35. The average Bonchev–Trinajstić information content (AvgIpc) is 3.20. The van der Waals surface area contributed by atoms with Gasteiger partial charge in [-0.1, -0.05) is 18.2 Å². The molecule has 3 rings (SSSR count). The smallest absolute Gasteiger partial charge is 0.325 e. The number of aryl methyl sites for hydroxylation is 1. The Kier molecular flexibility index (Phi) is 5.08. The summed E-state index contributed by atoms with van der Waals surface area (Å²) in [5, 5.41) is 5.54. The summed E-state index contributed by atoms with van der Waals surface area (Å²) in [6, 6.07) is 11.6. The molecule has 0 saturated carbocycles. The van der Waals surface area contributed by atoms with Crippen molar-refractivity contribution in [2.24, 2.45) is 0 Å². The van der Waals surface area contributed by atoms with E-state index in [2.05, 4.69) is 5.10 Å². The molecule has 0 radical (unpaired) electrons. The first-order valence-corrected chi connectivity index (χ1v) is 9.16. The van der Waals surface area contributed by atoms with Crippen LogP contribution in [-0.2, 0) is 9.53 Å². The van der Waals surface area contributed by atoms with Crippen LogP contribution >= 0.6 is 11.3 Å². The Bertz CT molecular complexity index is 944. The molecule has 0 atom stereocenters. The fourth-order valence-electron chi connectivity index (χ4n) is 2.73. The second-order valence-corrected chi connectivity index (χ2v) is 7.30. The number of aromatic nitrogens is 2. The summed E-state index contributed by atoms with van der Waals surface area (Å²) in [5.41, 5.74) is 1.81. The predicted molar refractivity (Wildman–Crippen MR) is 102 cm³/mol. The number of hydrogen-bond donors (Lipinski definition) is 0. The zero-order valence-electron chi connectivity index (χ0n) is 15.2. The number of nitrogens with zero attached hydrogens (tertiary/aromatic N) is 3. The van der Waals surface area contributed by atoms with E-state index in [9.17, 15) is 9.59 Å². The van der Waals surface area contributed by atoms with Crippen molar-refractivity contribution in [1.29, 1.82) is 0 Å². The average molecular weight is 371 g/mol. The van der Waals surface area contributed by atoms with Crippen LogP contribution in [0, 0.1) is 6.92 Å². The third-order valence-electron chi connectivity index (χ3n) is 4.17. The summed E-state index contributed by atoms with van der Waals surface area (Å²) < 4.78 is 6.57. The number of benzene rings is 1. The van der Waals surface area contributed by atoms with E-state index in [1.807, 2.05) is 61.9 Å². The van der Waals surface area contributed by atoms with Gasteiger partial charge in [0.1, 0.15) is 11.4 Å². The minimum absolute atomic E-state index is 0.0644. The Hall–Kier alpha value is -2.67. The molecule has 2 heterocycles. The van der Waals surface area contributed by atoms with Gasteiger partial charge in [0.15, 0.2) is 0 Å². The molecule has 1 aromatic carbocycles.